The van der Waals surface area contributed by atoms with Crippen LogP contribution in [0.3, 0.4) is 0 Å². The highest BCUT2D eigenvalue weighted by Gasteiger charge is 2.37. The molecule has 0 atom stereocenters. The van der Waals surface area contributed by atoms with E-state index in [4.69, 9.17) is 5.11 Å². The fraction of sp³-hybridized carbons (Fsp3) is 0.364. The predicted octanol–water partition coefficient (Wildman–Crippen LogP) is 3.44. The van der Waals surface area contributed by atoms with E-state index in [1.807, 2.05) is 0 Å². The van der Waals surface area contributed by atoms with Gasteiger partial charge in [0.25, 0.3) is 0 Å². The van der Waals surface area contributed by atoms with Crippen molar-refractivity contribution in [2.75, 3.05) is 0 Å². The second-order valence-corrected chi connectivity index (χ2v) is 3.85. The topological polar surface area (TPSA) is 37.3 Å². The standard InChI is InChI=1S/C11H8F6O2/c12-10(13,14)5-7-2-1-6(4-9(18)19)3-8(7)11(15,16)17/h1-3H,4-5H2,(H,18,19). The Labute approximate surface area is 103 Å². The molecule has 0 aliphatic rings. The summed E-state index contributed by atoms with van der Waals surface area (Å²) in [5, 5.41) is 8.46. The summed E-state index contributed by atoms with van der Waals surface area (Å²) in [4.78, 5) is 10.4. The third kappa shape index (κ3) is 4.80. The van der Waals surface area contributed by atoms with Crippen LogP contribution in [0.5, 0.6) is 0 Å². The van der Waals surface area contributed by atoms with Gasteiger partial charge in [-0.2, -0.15) is 26.3 Å². The summed E-state index contributed by atoms with van der Waals surface area (Å²) in [5.41, 5.74) is -2.58. The first-order chi connectivity index (χ1) is 8.49. The van der Waals surface area contributed by atoms with Gasteiger partial charge >= 0.3 is 18.3 Å². The minimum absolute atomic E-state index is 0.203. The second-order valence-electron chi connectivity index (χ2n) is 3.85. The minimum Gasteiger partial charge on any atom is -0.481 e. The molecule has 0 amide bonds. The Bertz CT molecular complexity index is 475. The lowest BCUT2D eigenvalue weighted by Gasteiger charge is -2.15. The van der Waals surface area contributed by atoms with Crippen molar-refractivity contribution >= 4 is 5.97 Å². The van der Waals surface area contributed by atoms with Crippen LogP contribution in [0.4, 0.5) is 26.3 Å². The van der Waals surface area contributed by atoms with Gasteiger partial charge in [0.15, 0.2) is 0 Å². The smallest absolute Gasteiger partial charge is 0.416 e. The van der Waals surface area contributed by atoms with Gasteiger partial charge in [0.1, 0.15) is 0 Å². The molecule has 0 saturated carbocycles. The maximum Gasteiger partial charge on any atom is 0.416 e. The van der Waals surface area contributed by atoms with Crippen LogP contribution in [0, 0.1) is 0 Å². The highest BCUT2D eigenvalue weighted by molar-refractivity contribution is 5.70. The van der Waals surface area contributed by atoms with E-state index in [9.17, 15) is 31.1 Å². The average molecular weight is 286 g/mol. The van der Waals surface area contributed by atoms with E-state index in [1.54, 1.807) is 0 Å². The van der Waals surface area contributed by atoms with Crippen molar-refractivity contribution in [3.8, 4) is 0 Å². The fourth-order valence-electron chi connectivity index (χ4n) is 1.54. The highest BCUT2D eigenvalue weighted by atomic mass is 19.4. The first-order valence-electron chi connectivity index (χ1n) is 4.96. The molecule has 0 bridgehead atoms. The van der Waals surface area contributed by atoms with Crippen LogP contribution in [-0.2, 0) is 23.8 Å². The Morgan fingerprint density at radius 1 is 1.11 bits per heavy atom. The number of hydrogen-bond donors (Lipinski definition) is 1. The lowest BCUT2D eigenvalue weighted by molar-refractivity contribution is -0.143. The van der Waals surface area contributed by atoms with Crippen molar-refractivity contribution < 1.29 is 36.2 Å². The van der Waals surface area contributed by atoms with Crippen LogP contribution in [-0.4, -0.2) is 17.3 Å². The summed E-state index contributed by atoms with van der Waals surface area (Å²) in [5.74, 6) is -1.36. The molecule has 0 fully saturated rings. The summed E-state index contributed by atoms with van der Waals surface area (Å²) < 4.78 is 74.4. The molecule has 106 valence electrons. The van der Waals surface area contributed by atoms with Crippen LogP contribution in [0.15, 0.2) is 18.2 Å². The Balaban J connectivity index is 3.21. The molecule has 0 radical (unpaired) electrons. The number of alkyl halides is 6. The van der Waals surface area contributed by atoms with E-state index in [0.29, 0.717) is 12.1 Å². The SMILES string of the molecule is O=C(O)Cc1ccc(CC(F)(F)F)c(C(F)(F)F)c1. The summed E-state index contributed by atoms with van der Waals surface area (Å²) >= 11 is 0. The Morgan fingerprint density at radius 2 is 1.68 bits per heavy atom. The molecule has 1 aromatic carbocycles. The highest BCUT2D eigenvalue weighted by Crippen LogP contribution is 2.35. The molecule has 1 aromatic rings. The average Bonchev–Trinajstić information content (AvgIpc) is 2.15. The molecule has 1 N–H and O–H groups in total. The quantitative estimate of drug-likeness (QED) is 0.864. The summed E-state index contributed by atoms with van der Waals surface area (Å²) in [6.45, 7) is 0. The lowest BCUT2D eigenvalue weighted by atomic mass is 9.99. The van der Waals surface area contributed by atoms with Gasteiger partial charge in [-0.1, -0.05) is 12.1 Å². The van der Waals surface area contributed by atoms with Gasteiger partial charge in [-0.3, -0.25) is 4.79 Å². The molecular formula is C11H8F6O2. The van der Waals surface area contributed by atoms with E-state index in [1.165, 1.54) is 0 Å². The summed E-state index contributed by atoms with van der Waals surface area (Å²) in [6.07, 6.45) is -12.1. The maximum absolute atomic E-state index is 12.6. The van der Waals surface area contributed by atoms with Crippen LogP contribution in [0.25, 0.3) is 0 Å². The third-order valence-corrected chi connectivity index (χ3v) is 2.23. The second kappa shape index (κ2) is 5.10. The van der Waals surface area contributed by atoms with Gasteiger partial charge in [-0.15, -0.1) is 0 Å². The summed E-state index contributed by atoms with van der Waals surface area (Å²) in [7, 11) is 0. The van der Waals surface area contributed by atoms with Crippen LogP contribution >= 0.6 is 0 Å². The maximum atomic E-state index is 12.6. The summed E-state index contributed by atoms with van der Waals surface area (Å²) in [6, 6.07) is 2.05. The van der Waals surface area contributed by atoms with Crippen LogP contribution < -0.4 is 0 Å². The molecule has 0 aromatic heterocycles. The molecule has 2 nitrogen and oxygen atoms in total. The number of aliphatic carboxylic acids is 1. The van der Waals surface area contributed by atoms with Crippen LogP contribution in [0.2, 0.25) is 0 Å². The van der Waals surface area contributed by atoms with Crippen molar-refractivity contribution in [1.82, 2.24) is 0 Å². The van der Waals surface area contributed by atoms with Gasteiger partial charge in [0, 0.05) is 0 Å². The zero-order chi connectivity index (χ0) is 14.8. The molecule has 0 saturated heterocycles. The largest absolute Gasteiger partial charge is 0.481 e. The van der Waals surface area contributed by atoms with Crippen molar-refractivity contribution in [2.45, 2.75) is 25.2 Å². The number of carboxylic acids is 1. The van der Waals surface area contributed by atoms with E-state index in [0.717, 1.165) is 6.07 Å². The molecule has 0 aliphatic carbocycles. The Kier molecular flexibility index (Phi) is 4.12. The third-order valence-electron chi connectivity index (χ3n) is 2.23. The number of rotatable bonds is 3. The van der Waals surface area contributed by atoms with Crippen molar-refractivity contribution in [3.05, 3.63) is 34.9 Å². The van der Waals surface area contributed by atoms with E-state index in [2.05, 4.69) is 0 Å². The molecule has 0 aliphatic heterocycles. The first-order valence-corrected chi connectivity index (χ1v) is 4.96. The molecular weight excluding hydrogens is 278 g/mol. The Morgan fingerprint density at radius 3 is 2.11 bits per heavy atom. The zero-order valence-electron chi connectivity index (χ0n) is 9.27. The normalized spacial score (nSPS) is 12.5. The van der Waals surface area contributed by atoms with E-state index < -0.39 is 42.3 Å². The van der Waals surface area contributed by atoms with Gasteiger partial charge < -0.3 is 5.11 Å². The van der Waals surface area contributed by atoms with E-state index in [-0.39, 0.29) is 5.56 Å². The number of halogens is 6. The molecule has 8 heteroatoms. The van der Waals surface area contributed by atoms with Crippen molar-refractivity contribution in [3.63, 3.8) is 0 Å². The first kappa shape index (κ1) is 15.3. The van der Waals surface area contributed by atoms with Gasteiger partial charge in [0.05, 0.1) is 18.4 Å². The van der Waals surface area contributed by atoms with E-state index >= 15 is 0 Å². The molecule has 0 spiro atoms. The van der Waals surface area contributed by atoms with Gasteiger partial charge in [-0.25, -0.2) is 0 Å². The lowest BCUT2D eigenvalue weighted by Crippen LogP contribution is -2.17. The molecule has 0 unspecified atom stereocenters. The molecule has 1 rings (SSSR count). The molecule has 0 heterocycles. The number of carboxylic acid groups (broad SMARTS) is 1. The van der Waals surface area contributed by atoms with Gasteiger partial charge in [-0.05, 0) is 17.2 Å². The minimum atomic E-state index is -4.96. The predicted molar refractivity (Wildman–Crippen MR) is 52.5 cm³/mol. The number of carbonyl (C=O) groups is 1. The number of hydrogen-bond acceptors (Lipinski definition) is 1. The molecule has 19 heavy (non-hydrogen) atoms. The zero-order valence-corrected chi connectivity index (χ0v) is 9.27. The number of benzene rings is 1. The van der Waals surface area contributed by atoms with Crippen molar-refractivity contribution in [1.29, 1.82) is 0 Å². The monoisotopic (exact) mass is 286 g/mol. The fourth-order valence-corrected chi connectivity index (χ4v) is 1.54. The Hall–Kier alpha value is -1.73. The van der Waals surface area contributed by atoms with Gasteiger partial charge in [0.2, 0.25) is 0 Å². The van der Waals surface area contributed by atoms with Crippen molar-refractivity contribution in [2.24, 2.45) is 0 Å². The van der Waals surface area contributed by atoms with Crippen LogP contribution in [0.1, 0.15) is 16.7 Å².